The molecule has 0 spiro atoms. The highest BCUT2D eigenvalue weighted by Crippen LogP contribution is 2.28. The molecule has 0 aliphatic rings. The summed E-state index contributed by atoms with van der Waals surface area (Å²) in [5.41, 5.74) is 5.66. The van der Waals surface area contributed by atoms with E-state index in [-0.39, 0.29) is 0 Å². The zero-order valence-corrected chi connectivity index (χ0v) is 17.1. The largest absolute Gasteiger partial charge is 0.462 e. The van der Waals surface area contributed by atoms with Crippen molar-refractivity contribution in [2.24, 2.45) is 0 Å². The maximum absolute atomic E-state index is 12.7. The first-order valence-corrected chi connectivity index (χ1v) is 9.70. The summed E-state index contributed by atoms with van der Waals surface area (Å²) in [6.07, 6.45) is 0. The van der Waals surface area contributed by atoms with E-state index in [1.807, 2.05) is 67.8 Å². The average molecular weight is 385 g/mol. The number of fused-ring (bicyclic) bond motifs is 1. The van der Waals surface area contributed by atoms with E-state index >= 15 is 0 Å². The number of ether oxygens (including phenoxy) is 1. The molecule has 5 nitrogen and oxygen atoms in total. The van der Waals surface area contributed by atoms with Crippen molar-refractivity contribution < 1.29 is 9.53 Å². The molecule has 0 radical (unpaired) electrons. The Bertz CT molecular complexity index is 1210. The molecule has 29 heavy (non-hydrogen) atoms. The molecule has 4 aromatic rings. The first-order valence-electron chi connectivity index (χ1n) is 9.70. The van der Waals surface area contributed by atoms with E-state index in [0.29, 0.717) is 29.5 Å². The van der Waals surface area contributed by atoms with E-state index in [0.717, 1.165) is 27.7 Å². The van der Waals surface area contributed by atoms with Crippen LogP contribution in [0.15, 0.2) is 54.6 Å². The smallest absolute Gasteiger partial charge is 0.342 e. The van der Waals surface area contributed by atoms with E-state index in [2.05, 4.69) is 17.1 Å². The Morgan fingerprint density at radius 2 is 1.72 bits per heavy atom. The molecule has 0 amide bonds. The number of rotatable bonds is 4. The summed E-state index contributed by atoms with van der Waals surface area (Å²) in [4.78, 5) is 22.2. The van der Waals surface area contributed by atoms with Crippen LogP contribution in [0.3, 0.4) is 0 Å². The predicted molar refractivity (Wildman–Crippen MR) is 114 cm³/mol. The predicted octanol–water partition coefficient (Wildman–Crippen LogP) is 5.19. The van der Waals surface area contributed by atoms with Gasteiger partial charge < -0.3 is 4.74 Å². The van der Waals surface area contributed by atoms with Crippen molar-refractivity contribution in [3.8, 4) is 17.2 Å². The lowest BCUT2D eigenvalue weighted by atomic mass is 10.0. The van der Waals surface area contributed by atoms with Crippen LogP contribution in [0, 0.1) is 20.8 Å². The van der Waals surface area contributed by atoms with Gasteiger partial charge in [0.2, 0.25) is 5.95 Å². The second-order valence-electron chi connectivity index (χ2n) is 7.10. The van der Waals surface area contributed by atoms with E-state index in [4.69, 9.17) is 9.72 Å². The molecule has 0 aliphatic heterocycles. The van der Waals surface area contributed by atoms with Gasteiger partial charge in [-0.1, -0.05) is 48.0 Å². The van der Waals surface area contributed by atoms with Gasteiger partial charge in [-0.15, -0.1) is 0 Å². The van der Waals surface area contributed by atoms with Crippen LogP contribution in [0.1, 0.15) is 34.2 Å². The molecule has 0 saturated heterocycles. The highest BCUT2D eigenvalue weighted by atomic mass is 16.5. The number of benzene rings is 2. The number of aryl methyl sites for hydroxylation is 3. The Balaban J connectivity index is 1.99. The van der Waals surface area contributed by atoms with Crippen molar-refractivity contribution >= 4 is 16.9 Å². The van der Waals surface area contributed by atoms with Gasteiger partial charge in [-0.2, -0.15) is 0 Å². The fourth-order valence-corrected chi connectivity index (χ4v) is 3.58. The number of carbonyl (C=O) groups is 1. The van der Waals surface area contributed by atoms with Crippen molar-refractivity contribution in [3.63, 3.8) is 0 Å². The monoisotopic (exact) mass is 385 g/mol. The van der Waals surface area contributed by atoms with Crippen LogP contribution in [-0.2, 0) is 4.74 Å². The Hall–Kier alpha value is -3.47. The zero-order chi connectivity index (χ0) is 20.5. The number of aromatic nitrogens is 3. The van der Waals surface area contributed by atoms with Crippen LogP contribution >= 0.6 is 0 Å². The lowest BCUT2D eigenvalue weighted by Gasteiger charge is -2.15. The molecule has 5 heteroatoms. The van der Waals surface area contributed by atoms with Gasteiger partial charge in [-0.05, 0) is 39.8 Å². The third kappa shape index (κ3) is 3.40. The molecular weight excluding hydrogens is 362 g/mol. The molecule has 0 aliphatic carbocycles. The van der Waals surface area contributed by atoms with Crippen molar-refractivity contribution in [2.45, 2.75) is 27.7 Å². The van der Waals surface area contributed by atoms with Crippen molar-refractivity contribution in [3.05, 3.63) is 77.1 Å². The normalized spacial score (nSPS) is 11.0. The maximum Gasteiger partial charge on any atom is 0.342 e. The Morgan fingerprint density at radius 1 is 1.00 bits per heavy atom. The Kier molecular flexibility index (Phi) is 4.89. The molecule has 2 aromatic heterocycles. The minimum atomic E-state index is -0.402. The molecule has 0 unspecified atom stereocenters. The van der Waals surface area contributed by atoms with E-state index in [1.54, 1.807) is 6.92 Å². The van der Waals surface area contributed by atoms with Crippen LogP contribution in [0.25, 0.3) is 28.1 Å². The van der Waals surface area contributed by atoms with E-state index < -0.39 is 5.97 Å². The number of hydrogen-bond acceptors (Lipinski definition) is 4. The Labute approximate surface area is 170 Å². The summed E-state index contributed by atoms with van der Waals surface area (Å²) in [5, 5.41) is 1.12. The van der Waals surface area contributed by atoms with Crippen LogP contribution in [-0.4, -0.2) is 27.1 Å². The van der Waals surface area contributed by atoms with Gasteiger partial charge in [-0.3, -0.25) is 4.57 Å². The SMILES string of the molecule is CCOC(=O)c1c(C)nc(-n2c(C)cc3ccccc32)nc1-c1ccc(C)cc1. The number of hydrogen-bond donors (Lipinski definition) is 0. The molecule has 4 rings (SSSR count). The van der Waals surface area contributed by atoms with Crippen LogP contribution < -0.4 is 0 Å². The van der Waals surface area contributed by atoms with E-state index in [9.17, 15) is 4.79 Å². The number of carbonyl (C=O) groups excluding carboxylic acids is 1. The zero-order valence-electron chi connectivity index (χ0n) is 17.1. The summed E-state index contributed by atoms with van der Waals surface area (Å²) in [5.74, 6) is 0.144. The minimum absolute atomic E-state index is 0.300. The molecule has 2 heterocycles. The lowest BCUT2D eigenvalue weighted by molar-refractivity contribution is 0.0525. The summed E-state index contributed by atoms with van der Waals surface area (Å²) in [6, 6.07) is 18.2. The van der Waals surface area contributed by atoms with Gasteiger partial charge in [0, 0.05) is 16.6 Å². The van der Waals surface area contributed by atoms with Crippen molar-refractivity contribution in [2.75, 3.05) is 6.61 Å². The van der Waals surface area contributed by atoms with E-state index in [1.165, 1.54) is 0 Å². The third-order valence-electron chi connectivity index (χ3n) is 4.98. The molecule has 146 valence electrons. The number of para-hydroxylation sites is 1. The van der Waals surface area contributed by atoms with Gasteiger partial charge in [0.05, 0.1) is 23.5 Å². The van der Waals surface area contributed by atoms with Gasteiger partial charge in [0.1, 0.15) is 5.56 Å². The molecule has 0 N–H and O–H groups in total. The summed E-state index contributed by atoms with van der Waals surface area (Å²) >= 11 is 0. The van der Waals surface area contributed by atoms with Gasteiger partial charge in [-0.25, -0.2) is 14.8 Å². The van der Waals surface area contributed by atoms with Crippen LogP contribution in [0.5, 0.6) is 0 Å². The van der Waals surface area contributed by atoms with Crippen LogP contribution in [0.4, 0.5) is 0 Å². The number of esters is 1. The first-order chi connectivity index (χ1) is 14.0. The fourth-order valence-electron chi connectivity index (χ4n) is 3.58. The second-order valence-corrected chi connectivity index (χ2v) is 7.10. The molecule has 0 atom stereocenters. The quantitative estimate of drug-likeness (QED) is 0.454. The molecule has 0 fully saturated rings. The first kappa shape index (κ1) is 18.9. The third-order valence-corrected chi connectivity index (χ3v) is 4.98. The summed E-state index contributed by atoms with van der Waals surface area (Å²) in [6.45, 7) is 7.99. The summed E-state index contributed by atoms with van der Waals surface area (Å²) in [7, 11) is 0. The topological polar surface area (TPSA) is 57.0 Å². The standard InChI is InChI=1S/C24H23N3O2/c1-5-29-23(28)21-17(4)25-24(26-22(21)18-12-10-15(2)11-13-18)27-16(3)14-19-8-6-7-9-20(19)27/h6-14H,5H2,1-4H3. The highest BCUT2D eigenvalue weighted by Gasteiger charge is 2.22. The van der Waals surface area contributed by atoms with Crippen LogP contribution in [0.2, 0.25) is 0 Å². The van der Waals surface area contributed by atoms with Crippen molar-refractivity contribution in [1.29, 1.82) is 0 Å². The second kappa shape index (κ2) is 7.51. The minimum Gasteiger partial charge on any atom is -0.462 e. The molecule has 0 saturated carbocycles. The molecule has 2 aromatic carbocycles. The summed E-state index contributed by atoms with van der Waals surface area (Å²) < 4.78 is 7.32. The maximum atomic E-state index is 12.7. The fraction of sp³-hybridized carbons (Fsp3) is 0.208. The van der Waals surface area contributed by atoms with Gasteiger partial charge >= 0.3 is 5.97 Å². The van der Waals surface area contributed by atoms with Gasteiger partial charge in [0.15, 0.2) is 0 Å². The Morgan fingerprint density at radius 3 is 2.45 bits per heavy atom. The molecular formula is C24H23N3O2. The lowest BCUT2D eigenvalue weighted by Crippen LogP contribution is -2.14. The average Bonchev–Trinajstić information content (AvgIpc) is 3.03. The van der Waals surface area contributed by atoms with Gasteiger partial charge in [0.25, 0.3) is 0 Å². The number of nitrogens with zero attached hydrogens (tertiary/aromatic N) is 3. The molecule has 0 bridgehead atoms. The highest BCUT2D eigenvalue weighted by molar-refractivity contribution is 5.97. The van der Waals surface area contributed by atoms with Crippen molar-refractivity contribution in [1.82, 2.24) is 14.5 Å².